The second kappa shape index (κ2) is 7.99. The highest BCUT2D eigenvalue weighted by Crippen LogP contribution is 2.37. The smallest absolute Gasteiger partial charge is 0.251 e. The zero-order valence-electron chi connectivity index (χ0n) is 16.7. The van der Waals surface area contributed by atoms with Crippen molar-refractivity contribution in [3.63, 3.8) is 0 Å². The van der Waals surface area contributed by atoms with Crippen LogP contribution in [0.2, 0.25) is 0 Å². The number of rotatable bonds is 5. The van der Waals surface area contributed by atoms with Crippen LogP contribution < -0.4 is 20.1 Å². The van der Waals surface area contributed by atoms with Gasteiger partial charge in [-0.1, -0.05) is 0 Å². The van der Waals surface area contributed by atoms with Crippen LogP contribution >= 0.6 is 11.8 Å². The molecule has 4 rings (SSSR count). The number of fused-ring (bicyclic) bond motifs is 2. The fourth-order valence-corrected chi connectivity index (χ4v) is 4.47. The molecule has 2 aliphatic rings. The summed E-state index contributed by atoms with van der Waals surface area (Å²) in [6.07, 6.45) is 1.01. The highest BCUT2D eigenvalue weighted by Gasteiger charge is 2.24. The van der Waals surface area contributed by atoms with E-state index in [0.717, 1.165) is 33.9 Å². The summed E-state index contributed by atoms with van der Waals surface area (Å²) < 4.78 is 11.6. The molecule has 0 saturated heterocycles. The van der Waals surface area contributed by atoms with Crippen molar-refractivity contribution in [2.24, 2.45) is 0 Å². The molecule has 0 unspecified atom stereocenters. The van der Waals surface area contributed by atoms with Crippen LogP contribution in [0.1, 0.15) is 42.3 Å². The molecule has 2 amide bonds. The fourth-order valence-electron chi connectivity index (χ4n) is 3.54. The molecule has 0 fully saturated rings. The zero-order chi connectivity index (χ0) is 20.5. The molecule has 0 bridgehead atoms. The van der Waals surface area contributed by atoms with Crippen LogP contribution in [0.5, 0.6) is 11.5 Å². The number of carbonyl (C=O) groups excluding carboxylic acids is 2. The zero-order valence-corrected chi connectivity index (χ0v) is 17.5. The Kier molecular flexibility index (Phi) is 5.41. The summed E-state index contributed by atoms with van der Waals surface area (Å²) in [5.41, 5.74) is 3.20. The molecule has 0 saturated carbocycles. The summed E-state index contributed by atoms with van der Waals surface area (Å²) in [7, 11) is 0. The molecule has 2 aromatic rings. The molecule has 0 radical (unpaired) electrons. The third-order valence-electron chi connectivity index (χ3n) is 4.99. The van der Waals surface area contributed by atoms with Gasteiger partial charge in [0.05, 0.1) is 17.5 Å². The topological polar surface area (TPSA) is 76.7 Å². The lowest BCUT2D eigenvalue weighted by atomic mass is 10.1. The molecular weight excluding hydrogens is 388 g/mol. The average molecular weight is 413 g/mol. The van der Waals surface area contributed by atoms with Crippen molar-refractivity contribution in [1.82, 2.24) is 5.32 Å². The van der Waals surface area contributed by atoms with E-state index in [1.807, 2.05) is 39.0 Å². The Morgan fingerprint density at radius 3 is 2.93 bits per heavy atom. The molecular formula is C22H24N2O4S. The molecule has 2 aromatic carbocycles. The molecule has 152 valence electrons. The van der Waals surface area contributed by atoms with Gasteiger partial charge in [0.2, 0.25) is 5.91 Å². The summed E-state index contributed by atoms with van der Waals surface area (Å²) >= 11 is 1.50. The first-order valence-electron chi connectivity index (χ1n) is 9.79. The summed E-state index contributed by atoms with van der Waals surface area (Å²) in [6.45, 7) is 6.72. The van der Waals surface area contributed by atoms with Gasteiger partial charge in [0.1, 0.15) is 17.6 Å². The van der Waals surface area contributed by atoms with Crippen molar-refractivity contribution in [3.8, 4) is 11.5 Å². The summed E-state index contributed by atoms with van der Waals surface area (Å²) in [4.78, 5) is 25.6. The second-order valence-corrected chi connectivity index (χ2v) is 8.66. The predicted octanol–water partition coefficient (Wildman–Crippen LogP) is 3.77. The number of nitrogens with one attached hydrogen (secondary N) is 2. The van der Waals surface area contributed by atoms with Crippen LogP contribution in [-0.2, 0) is 17.8 Å². The van der Waals surface area contributed by atoms with Crippen LogP contribution in [0.3, 0.4) is 0 Å². The highest BCUT2D eigenvalue weighted by atomic mass is 32.2. The Balaban J connectivity index is 1.50. The Labute approximate surface area is 174 Å². The van der Waals surface area contributed by atoms with Crippen molar-refractivity contribution >= 4 is 29.3 Å². The van der Waals surface area contributed by atoms with Crippen LogP contribution in [0, 0.1) is 0 Å². The van der Waals surface area contributed by atoms with Crippen molar-refractivity contribution in [2.45, 2.75) is 50.0 Å². The lowest BCUT2D eigenvalue weighted by Crippen LogP contribution is -2.27. The van der Waals surface area contributed by atoms with Gasteiger partial charge in [-0.15, -0.1) is 11.8 Å². The second-order valence-electron chi connectivity index (χ2n) is 7.28. The van der Waals surface area contributed by atoms with Gasteiger partial charge < -0.3 is 20.1 Å². The first-order chi connectivity index (χ1) is 13.9. The van der Waals surface area contributed by atoms with E-state index >= 15 is 0 Å². The Morgan fingerprint density at radius 2 is 2.14 bits per heavy atom. The van der Waals surface area contributed by atoms with E-state index in [2.05, 4.69) is 10.6 Å². The van der Waals surface area contributed by atoms with Crippen molar-refractivity contribution < 1.29 is 19.1 Å². The fraction of sp³-hybridized carbons (Fsp3) is 0.364. The molecule has 2 N–H and O–H groups in total. The van der Waals surface area contributed by atoms with Gasteiger partial charge in [0.25, 0.3) is 5.91 Å². The molecule has 7 heteroatoms. The van der Waals surface area contributed by atoms with Gasteiger partial charge in [-0.25, -0.2) is 0 Å². The number of anilines is 1. The quantitative estimate of drug-likeness (QED) is 0.782. The van der Waals surface area contributed by atoms with Gasteiger partial charge in [-0.3, -0.25) is 9.59 Å². The average Bonchev–Trinajstić information content (AvgIpc) is 3.05. The standard InChI is InChI=1S/C22H24N2O4S/c1-4-27-18-9-15-7-12(2)28-19(15)10-16(18)11-23-22(26)14-5-6-20-17(8-14)24-21(25)13(3)29-20/h5-6,8-10,12-13H,4,7,11H2,1-3H3,(H,23,26)(H,24,25)/t12-,13+/m0/s1. The normalized spacial score (nSPS) is 19.6. The molecule has 2 heterocycles. The van der Waals surface area contributed by atoms with Gasteiger partial charge in [0, 0.05) is 34.6 Å². The number of hydrogen-bond donors (Lipinski definition) is 2. The van der Waals surface area contributed by atoms with E-state index in [-0.39, 0.29) is 23.2 Å². The van der Waals surface area contributed by atoms with Crippen molar-refractivity contribution in [3.05, 3.63) is 47.0 Å². The van der Waals surface area contributed by atoms with E-state index < -0.39 is 0 Å². The van der Waals surface area contributed by atoms with Gasteiger partial charge >= 0.3 is 0 Å². The maximum absolute atomic E-state index is 12.7. The summed E-state index contributed by atoms with van der Waals surface area (Å²) in [5, 5.41) is 5.67. The Hall–Kier alpha value is -2.67. The molecule has 0 aromatic heterocycles. The van der Waals surface area contributed by atoms with Crippen LogP contribution in [0.15, 0.2) is 35.2 Å². The number of amides is 2. The maximum Gasteiger partial charge on any atom is 0.251 e. The largest absolute Gasteiger partial charge is 0.494 e. The third kappa shape index (κ3) is 4.05. The highest BCUT2D eigenvalue weighted by molar-refractivity contribution is 8.00. The van der Waals surface area contributed by atoms with E-state index in [4.69, 9.17) is 9.47 Å². The lowest BCUT2D eigenvalue weighted by Gasteiger charge is -2.21. The molecule has 0 spiro atoms. The minimum absolute atomic E-state index is 0.0474. The van der Waals surface area contributed by atoms with E-state index in [1.54, 1.807) is 12.1 Å². The van der Waals surface area contributed by atoms with E-state index in [1.165, 1.54) is 11.8 Å². The predicted molar refractivity (Wildman–Crippen MR) is 113 cm³/mol. The van der Waals surface area contributed by atoms with Crippen LogP contribution in [0.25, 0.3) is 0 Å². The third-order valence-corrected chi connectivity index (χ3v) is 6.17. The van der Waals surface area contributed by atoms with Gasteiger partial charge in [-0.05, 0) is 51.1 Å². The molecule has 2 aliphatic heterocycles. The van der Waals surface area contributed by atoms with E-state index in [0.29, 0.717) is 24.4 Å². The van der Waals surface area contributed by atoms with Crippen LogP contribution in [-0.4, -0.2) is 29.8 Å². The Bertz CT molecular complexity index is 976. The molecule has 6 nitrogen and oxygen atoms in total. The number of ether oxygens (including phenoxy) is 2. The molecule has 2 atom stereocenters. The maximum atomic E-state index is 12.7. The monoisotopic (exact) mass is 412 g/mol. The Morgan fingerprint density at radius 1 is 1.31 bits per heavy atom. The number of hydrogen-bond acceptors (Lipinski definition) is 5. The first-order valence-corrected chi connectivity index (χ1v) is 10.7. The van der Waals surface area contributed by atoms with Crippen molar-refractivity contribution in [1.29, 1.82) is 0 Å². The SMILES string of the molecule is CCOc1cc2c(cc1CNC(=O)c1ccc3c(c1)NC(=O)[C@@H](C)S3)O[C@@H](C)C2. The first kappa shape index (κ1) is 19.6. The number of carbonyl (C=O) groups is 2. The van der Waals surface area contributed by atoms with E-state index in [9.17, 15) is 9.59 Å². The van der Waals surface area contributed by atoms with Crippen LogP contribution in [0.4, 0.5) is 5.69 Å². The molecule has 29 heavy (non-hydrogen) atoms. The lowest BCUT2D eigenvalue weighted by molar-refractivity contribution is -0.115. The summed E-state index contributed by atoms with van der Waals surface area (Å²) in [6, 6.07) is 9.34. The summed E-state index contributed by atoms with van der Waals surface area (Å²) in [5.74, 6) is 1.37. The number of benzene rings is 2. The molecule has 0 aliphatic carbocycles. The van der Waals surface area contributed by atoms with Crippen molar-refractivity contribution in [2.75, 3.05) is 11.9 Å². The number of thioether (sulfide) groups is 1. The minimum Gasteiger partial charge on any atom is -0.494 e. The minimum atomic E-state index is -0.206. The van der Waals surface area contributed by atoms with Gasteiger partial charge in [-0.2, -0.15) is 0 Å². The van der Waals surface area contributed by atoms with Gasteiger partial charge in [0.15, 0.2) is 0 Å².